The second-order valence-corrected chi connectivity index (χ2v) is 12.2. The molecule has 0 saturated heterocycles. The molecule has 3 aromatic rings. The first kappa shape index (κ1) is 29.2. The lowest BCUT2D eigenvalue weighted by Gasteiger charge is -2.46. The van der Waals surface area contributed by atoms with E-state index in [9.17, 15) is 18.8 Å². The molecule has 4 atom stereocenters. The quantitative estimate of drug-likeness (QED) is 0.292. The summed E-state index contributed by atoms with van der Waals surface area (Å²) in [5.41, 5.74) is 3.08. The Labute approximate surface area is 244 Å². The number of H-pyrrole nitrogens is 1. The average Bonchev–Trinajstić information content (AvgIpc) is 2.91. The van der Waals surface area contributed by atoms with Gasteiger partial charge in [-0.05, 0) is 54.4 Å². The van der Waals surface area contributed by atoms with E-state index in [1.165, 1.54) is 18.2 Å². The van der Waals surface area contributed by atoms with Gasteiger partial charge >= 0.3 is 0 Å². The number of rotatable bonds is 9. The smallest absolute Gasteiger partial charge is 0.270 e. The number of aromatic nitrogens is 2. The Morgan fingerprint density at radius 1 is 1.10 bits per heavy atom. The van der Waals surface area contributed by atoms with Crippen LogP contribution in [0.2, 0.25) is 0 Å². The number of hydrogen-bond acceptors (Lipinski definition) is 6. The lowest BCUT2D eigenvalue weighted by atomic mass is 9.61. The maximum absolute atomic E-state index is 13.7. The molecule has 2 aliphatic rings. The molecule has 1 aliphatic carbocycles. The molecule has 5 rings (SSSR count). The van der Waals surface area contributed by atoms with Gasteiger partial charge in [0.15, 0.2) is 0 Å². The number of fused-ring (bicyclic) bond motifs is 3. The van der Waals surface area contributed by atoms with E-state index in [4.69, 9.17) is 4.99 Å². The standard InChI is InChI=1S/C32H37FN6O3/c1-18-15-25(40)38-31(36-18)35-14-13-34-30(42)28(32(2,3)4)39-29(41)27-23-8-6-5-7-22(23)26-20(17-24(26)37-27)16-19-9-11-21(33)12-10-19/h5-12,15,20,24,26,28H,13-14,16-17H2,1-4H3,(H,34,42)(H,39,41)(H2,35,36,38,40)/t20?,24?,26-,28+/m0/s1. The van der Waals surface area contributed by atoms with Crippen molar-refractivity contribution in [2.75, 3.05) is 18.4 Å². The second-order valence-electron chi connectivity index (χ2n) is 12.2. The molecule has 4 N–H and O–H groups in total. The number of anilines is 1. The number of halogens is 1. The topological polar surface area (TPSA) is 128 Å². The van der Waals surface area contributed by atoms with Gasteiger partial charge in [-0.1, -0.05) is 57.2 Å². The van der Waals surface area contributed by atoms with Crippen LogP contribution in [0.25, 0.3) is 0 Å². The summed E-state index contributed by atoms with van der Waals surface area (Å²) >= 11 is 0. The highest BCUT2D eigenvalue weighted by molar-refractivity contribution is 6.46. The molecule has 10 heteroatoms. The summed E-state index contributed by atoms with van der Waals surface area (Å²) in [4.78, 5) is 50.3. The van der Waals surface area contributed by atoms with Crippen molar-refractivity contribution in [3.8, 4) is 0 Å². The van der Waals surface area contributed by atoms with Crippen LogP contribution in [0.3, 0.4) is 0 Å². The minimum absolute atomic E-state index is 0.0132. The summed E-state index contributed by atoms with van der Waals surface area (Å²) in [5.74, 6) is -0.0615. The number of aliphatic imine (C=N–C) groups is 1. The Morgan fingerprint density at radius 2 is 1.83 bits per heavy atom. The molecular formula is C32H37FN6O3. The predicted octanol–water partition coefficient (Wildman–Crippen LogP) is 3.49. The van der Waals surface area contributed by atoms with E-state index >= 15 is 0 Å². The first-order chi connectivity index (χ1) is 20.0. The molecule has 2 aromatic carbocycles. The lowest BCUT2D eigenvalue weighted by Crippen LogP contribution is -2.56. The van der Waals surface area contributed by atoms with Gasteiger partial charge in [0.25, 0.3) is 11.5 Å². The number of hydrogen-bond donors (Lipinski definition) is 4. The summed E-state index contributed by atoms with van der Waals surface area (Å²) in [6, 6.07) is 15.1. The third kappa shape index (κ3) is 6.42. The molecule has 1 aliphatic heterocycles. The Kier molecular flexibility index (Phi) is 8.24. The minimum Gasteiger partial charge on any atom is -0.354 e. The number of carbonyl (C=O) groups excluding carboxylic acids is 2. The lowest BCUT2D eigenvalue weighted by molar-refractivity contribution is -0.129. The van der Waals surface area contributed by atoms with Crippen LogP contribution < -0.4 is 21.5 Å². The Hall–Kier alpha value is -4.34. The van der Waals surface area contributed by atoms with Gasteiger partial charge in [-0.15, -0.1) is 0 Å². The Morgan fingerprint density at radius 3 is 2.55 bits per heavy atom. The maximum Gasteiger partial charge on any atom is 0.270 e. The number of benzene rings is 2. The molecule has 0 spiro atoms. The molecule has 42 heavy (non-hydrogen) atoms. The van der Waals surface area contributed by atoms with Crippen molar-refractivity contribution in [2.45, 2.75) is 58.5 Å². The normalized spacial score (nSPS) is 19.8. The zero-order valence-corrected chi connectivity index (χ0v) is 24.3. The van der Waals surface area contributed by atoms with Crippen molar-refractivity contribution < 1.29 is 14.0 Å². The van der Waals surface area contributed by atoms with E-state index in [1.807, 2.05) is 51.1 Å². The monoisotopic (exact) mass is 572 g/mol. The van der Waals surface area contributed by atoms with E-state index < -0.39 is 11.5 Å². The first-order valence-electron chi connectivity index (χ1n) is 14.3. The summed E-state index contributed by atoms with van der Waals surface area (Å²) in [7, 11) is 0. The third-order valence-corrected chi connectivity index (χ3v) is 7.95. The van der Waals surface area contributed by atoms with Crippen molar-refractivity contribution in [3.05, 3.63) is 93.2 Å². The zero-order chi connectivity index (χ0) is 30.0. The first-order valence-corrected chi connectivity index (χ1v) is 14.3. The Bertz CT molecular complexity index is 1560. The molecule has 9 nitrogen and oxygen atoms in total. The van der Waals surface area contributed by atoms with Crippen LogP contribution in [0, 0.1) is 24.1 Å². The molecule has 2 unspecified atom stereocenters. The second kappa shape index (κ2) is 11.9. The van der Waals surface area contributed by atoms with E-state index in [-0.39, 0.29) is 41.7 Å². The van der Waals surface area contributed by atoms with Crippen molar-refractivity contribution in [2.24, 2.45) is 16.3 Å². The van der Waals surface area contributed by atoms with Crippen LogP contribution in [0.15, 0.2) is 64.4 Å². The fourth-order valence-corrected chi connectivity index (χ4v) is 5.88. The van der Waals surface area contributed by atoms with E-state index in [1.54, 1.807) is 6.92 Å². The number of carbonyl (C=O) groups is 2. The van der Waals surface area contributed by atoms with Crippen LogP contribution in [-0.4, -0.2) is 52.7 Å². The molecular weight excluding hydrogens is 535 g/mol. The highest BCUT2D eigenvalue weighted by Crippen LogP contribution is 2.49. The van der Waals surface area contributed by atoms with E-state index in [2.05, 4.69) is 32.0 Å². The molecule has 1 fully saturated rings. The van der Waals surface area contributed by atoms with Gasteiger partial charge in [-0.2, -0.15) is 0 Å². The molecule has 0 radical (unpaired) electrons. The summed E-state index contributed by atoms with van der Waals surface area (Å²) in [6.45, 7) is 8.03. The maximum atomic E-state index is 13.7. The number of nitrogens with zero attached hydrogens (tertiary/aromatic N) is 2. The highest BCUT2D eigenvalue weighted by Gasteiger charge is 2.46. The van der Waals surface area contributed by atoms with Crippen molar-refractivity contribution in [1.29, 1.82) is 0 Å². The summed E-state index contributed by atoms with van der Waals surface area (Å²) < 4.78 is 13.4. The number of aromatic amines is 1. The molecule has 2 heterocycles. The summed E-state index contributed by atoms with van der Waals surface area (Å²) in [5, 5.41) is 8.83. The fourth-order valence-electron chi connectivity index (χ4n) is 5.88. The highest BCUT2D eigenvalue weighted by atomic mass is 19.1. The van der Waals surface area contributed by atoms with Crippen LogP contribution in [-0.2, 0) is 16.0 Å². The fraction of sp³-hybridized carbons (Fsp3) is 0.406. The zero-order valence-electron chi connectivity index (χ0n) is 24.3. The molecule has 0 bridgehead atoms. The number of amides is 2. The minimum atomic E-state index is -0.804. The molecule has 1 aromatic heterocycles. The van der Waals surface area contributed by atoms with Gasteiger partial charge in [0.05, 0.1) is 6.04 Å². The van der Waals surface area contributed by atoms with Crippen LogP contribution in [0.4, 0.5) is 10.3 Å². The number of aryl methyl sites for hydroxylation is 1. The van der Waals surface area contributed by atoms with Gasteiger partial charge < -0.3 is 16.0 Å². The van der Waals surface area contributed by atoms with Crippen molar-refractivity contribution >= 4 is 23.5 Å². The van der Waals surface area contributed by atoms with E-state index in [0.29, 0.717) is 29.8 Å². The van der Waals surface area contributed by atoms with Gasteiger partial charge in [0.1, 0.15) is 17.6 Å². The van der Waals surface area contributed by atoms with Gasteiger partial charge in [-0.25, -0.2) is 9.37 Å². The van der Waals surface area contributed by atoms with Gasteiger partial charge in [-0.3, -0.25) is 24.4 Å². The molecule has 2 amide bonds. The van der Waals surface area contributed by atoms with Gasteiger partial charge in [0, 0.05) is 36.3 Å². The predicted molar refractivity (Wildman–Crippen MR) is 160 cm³/mol. The average molecular weight is 573 g/mol. The van der Waals surface area contributed by atoms with Crippen LogP contribution in [0.1, 0.15) is 55.5 Å². The van der Waals surface area contributed by atoms with E-state index in [0.717, 1.165) is 29.5 Å². The largest absolute Gasteiger partial charge is 0.354 e. The Balaban J connectivity index is 1.25. The van der Waals surface area contributed by atoms with Crippen LogP contribution in [0.5, 0.6) is 0 Å². The van der Waals surface area contributed by atoms with Crippen LogP contribution >= 0.6 is 0 Å². The molecule has 1 saturated carbocycles. The molecule has 220 valence electrons. The summed E-state index contributed by atoms with van der Waals surface area (Å²) in [6.07, 6.45) is 1.66. The number of nitrogens with one attached hydrogen (secondary N) is 4. The van der Waals surface area contributed by atoms with Crippen molar-refractivity contribution in [3.63, 3.8) is 0 Å². The SMILES string of the molecule is Cc1cc(=O)[nH]c(NCCNC(=O)[C@@H](NC(=O)C2=NC3CC(Cc4ccc(F)cc4)[C@H]3c3ccccc32)C(C)(C)C)n1. The van der Waals surface area contributed by atoms with Crippen molar-refractivity contribution in [1.82, 2.24) is 20.6 Å². The third-order valence-electron chi connectivity index (χ3n) is 7.95. The van der Waals surface area contributed by atoms with Gasteiger partial charge in [0.2, 0.25) is 11.9 Å².